The van der Waals surface area contributed by atoms with Crippen molar-refractivity contribution in [3.05, 3.63) is 46.9 Å². The maximum atomic E-state index is 6.16. The van der Waals surface area contributed by atoms with Crippen LogP contribution in [0.25, 0.3) is 11.3 Å². The summed E-state index contributed by atoms with van der Waals surface area (Å²) in [5.74, 6) is 1.54. The highest BCUT2D eigenvalue weighted by Crippen LogP contribution is 2.40. The Balaban J connectivity index is 2.04. The fraction of sp³-hybridized carbons (Fsp3) is 0.412. The summed E-state index contributed by atoms with van der Waals surface area (Å²) in [6.45, 7) is 2.13. The van der Waals surface area contributed by atoms with E-state index in [4.69, 9.17) is 16.6 Å². The van der Waals surface area contributed by atoms with Gasteiger partial charge in [-0.05, 0) is 30.7 Å². The van der Waals surface area contributed by atoms with E-state index in [2.05, 4.69) is 36.2 Å². The summed E-state index contributed by atoms with van der Waals surface area (Å²) in [7, 11) is 0. The molecule has 0 atom stereocenters. The van der Waals surface area contributed by atoms with Gasteiger partial charge in [0.2, 0.25) is 0 Å². The van der Waals surface area contributed by atoms with Crippen LogP contribution >= 0.6 is 11.6 Å². The largest absolute Gasteiger partial charge is 0.233 e. The summed E-state index contributed by atoms with van der Waals surface area (Å²) in [4.78, 5) is 9.01. The van der Waals surface area contributed by atoms with E-state index in [1.165, 1.54) is 30.4 Å². The molecule has 0 N–H and O–H groups in total. The van der Waals surface area contributed by atoms with Gasteiger partial charge in [-0.2, -0.15) is 0 Å². The molecule has 0 radical (unpaired) electrons. The minimum atomic E-state index is 0.543. The van der Waals surface area contributed by atoms with Crippen molar-refractivity contribution in [2.75, 3.05) is 0 Å². The lowest BCUT2D eigenvalue weighted by Gasteiger charge is -2.27. The van der Waals surface area contributed by atoms with Crippen LogP contribution in [0.5, 0.6) is 0 Å². The maximum absolute atomic E-state index is 6.16. The molecule has 2 nitrogen and oxygen atoms in total. The molecule has 1 aliphatic carbocycles. The zero-order valence-corrected chi connectivity index (χ0v) is 12.5. The molecule has 2 aromatic rings. The molecule has 0 saturated heterocycles. The van der Waals surface area contributed by atoms with Gasteiger partial charge in [0.15, 0.2) is 0 Å². The Hall–Kier alpha value is -1.41. The summed E-state index contributed by atoms with van der Waals surface area (Å²) in [5, 5.41) is 0.543. The Bertz CT molecular complexity index is 606. The second-order valence-electron chi connectivity index (χ2n) is 5.46. The summed E-state index contributed by atoms with van der Waals surface area (Å²) in [5.41, 5.74) is 3.60. The predicted octanol–water partition coefficient (Wildman–Crippen LogP) is 5.02. The van der Waals surface area contributed by atoms with E-state index in [0.29, 0.717) is 11.1 Å². The summed E-state index contributed by atoms with van der Waals surface area (Å²) >= 11 is 6.16. The van der Waals surface area contributed by atoms with Gasteiger partial charge in [0.1, 0.15) is 11.0 Å². The topological polar surface area (TPSA) is 25.8 Å². The first kappa shape index (κ1) is 13.6. The Kier molecular flexibility index (Phi) is 4.02. The summed E-state index contributed by atoms with van der Waals surface area (Å²) < 4.78 is 0. The van der Waals surface area contributed by atoms with Crippen molar-refractivity contribution in [2.45, 2.75) is 44.9 Å². The van der Waals surface area contributed by atoms with Crippen molar-refractivity contribution < 1.29 is 0 Å². The van der Waals surface area contributed by atoms with Crippen molar-refractivity contribution in [3.63, 3.8) is 0 Å². The van der Waals surface area contributed by atoms with Gasteiger partial charge in [0.25, 0.3) is 0 Å². The molecule has 3 heteroatoms. The highest BCUT2D eigenvalue weighted by Gasteiger charge is 2.22. The number of hydrogen-bond acceptors (Lipinski definition) is 2. The van der Waals surface area contributed by atoms with E-state index in [1.807, 2.05) is 6.07 Å². The molecule has 20 heavy (non-hydrogen) atoms. The normalized spacial score (nSPS) is 15.1. The molecule has 0 aliphatic heterocycles. The SMILES string of the molecule is CCCc1nc(Cl)cc(-c2ccccc2C2CCC2)n1. The van der Waals surface area contributed by atoms with E-state index in [1.54, 1.807) is 0 Å². The molecule has 1 fully saturated rings. The van der Waals surface area contributed by atoms with Gasteiger partial charge in [0.05, 0.1) is 5.69 Å². The van der Waals surface area contributed by atoms with Gasteiger partial charge < -0.3 is 0 Å². The second-order valence-corrected chi connectivity index (χ2v) is 5.84. The lowest BCUT2D eigenvalue weighted by Crippen LogP contribution is -2.10. The molecule has 0 unspecified atom stereocenters. The first-order valence-corrected chi connectivity index (χ1v) is 7.78. The summed E-state index contributed by atoms with van der Waals surface area (Å²) in [6, 6.07) is 10.5. The minimum absolute atomic E-state index is 0.543. The molecule has 104 valence electrons. The van der Waals surface area contributed by atoms with Gasteiger partial charge >= 0.3 is 0 Å². The molecule has 1 aromatic heterocycles. The first-order valence-electron chi connectivity index (χ1n) is 7.40. The van der Waals surface area contributed by atoms with Gasteiger partial charge in [-0.15, -0.1) is 0 Å². The molecule has 1 aromatic carbocycles. The minimum Gasteiger partial charge on any atom is -0.233 e. The fourth-order valence-corrected chi connectivity index (χ4v) is 2.94. The number of hydrogen-bond donors (Lipinski definition) is 0. The highest BCUT2D eigenvalue weighted by molar-refractivity contribution is 6.29. The number of nitrogens with zero attached hydrogens (tertiary/aromatic N) is 2. The second kappa shape index (κ2) is 5.92. The fourth-order valence-electron chi connectivity index (χ4n) is 2.74. The predicted molar refractivity (Wildman–Crippen MR) is 83.1 cm³/mol. The lowest BCUT2D eigenvalue weighted by atomic mass is 9.78. The van der Waals surface area contributed by atoms with Crippen LogP contribution in [0.4, 0.5) is 0 Å². The number of aromatic nitrogens is 2. The zero-order valence-electron chi connectivity index (χ0n) is 11.8. The van der Waals surface area contributed by atoms with Crippen LogP contribution in [-0.2, 0) is 6.42 Å². The van der Waals surface area contributed by atoms with E-state index >= 15 is 0 Å². The number of benzene rings is 1. The van der Waals surface area contributed by atoms with Crippen LogP contribution < -0.4 is 0 Å². The number of aryl methyl sites for hydroxylation is 1. The van der Waals surface area contributed by atoms with E-state index < -0.39 is 0 Å². The molecule has 1 aliphatic rings. The standard InChI is InChI=1S/C17H19ClN2/c1-2-6-17-19-15(11-16(18)20-17)14-10-4-3-9-13(14)12-7-5-8-12/h3-4,9-12H,2,5-8H2,1H3. The van der Waals surface area contributed by atoms with Crippen LogP contribution in [0.2, 0.25) is 5.15 Å². The van der Waals surface area contributed by atoms with Gasteiger partial charge in [0, 0.05) is 18.1 Å². The molecular weight excluding hydrogens is 268 g/mol. The van der Waals surface area contributed by atoms with E-state index in [-0.39, 0.29) is 0 Å². The van der Waals surface area contributed by atoms with Gasteiger partial charge in [-0.1, -0.05) is 49.2 Å². The van der Waals surface area contributed by atoms with E-state index in [0.717, 1.165) is 24.4 Å². The average Bonchev–Trinajstić information content (AvgIpc) is 2.37. The Morgan fingerprint density at radius 2 is 2.00 bits per heavy atom. The third kappa shape index (κ3) is 2.71. The molecule has 1 heterocycles. The van der Waals surface area contributed by atoms with Gasteiger partial charge in [-0.25, -0.2) is 9.97 Å². The quantitative estimate of drug-likeness (QED) is 0.738. The number of rotatable bonds is 4. The van der Waals surface area contributed by atoms with Crippen LogP contribution in [0.3, 0.4) is 0 Å². The molecule has 0 bridgehead atoms. The van der Waals surface area contributed by atoms with Gasteiger partial charge in [-0.3, -0.25) is 0 Å². The average molecular weight is 287 g/mol. The van der Waals surface area contributed by atoms with E-state index in [9.17, 15) is 0 Å². The molecule has 1 saturated carbocycles. The van der Waals surface area contributed by atoms with Crippen LogP contribution in [0.1, 0.15) is 49.9 Å². The highest BCUT2D eigenvalue weighted by atomic mass is 35.5. The van der Waals surface area contributed by atoms with Crippen molar-refractivity contribution in [1.82, 2.24) is 9.97 Å². The molecule has 0 spiro atoms. The Labute approximate surface area is 125 Å². The smallest absolute Gasteiger partial charge is 0.133 e. The monoisotopic (exact) mass is 286 g/mol. The Morgan fingerprint density at radius 3 is 2.70 bits per heavy atom. The van der Waals surface area contributed by atoms with Crippen molar-refractivity contribution in [2.24, 2.45) is 0 Å². The zero-order chi connectivity index (χ0) is 13.9. The first-order chi connectivity index (χ1) is 9.78. The third-order valence-electron chi connectivity index (χ3n) is 4.00. The molecule has 3 rings (SSSR count). The van der Waals surface area contributed by atoms with Crippen molar-refractivity contribution >= 4 is 11.6 Å². The summed E-state index contributed by atoms with van der Waals surface area (Å²) in [6.07, 6.45) is 5.82. The lowest BCUT2D eigenvalue weighted by molar-refractivity contribution is 0.420. The maximum Gasteiger partial charge on any atom is 0.133 e. The molecule has 0 amide bonds. The molecular formula is C17H19ClN2. The number of halogens is 1. The van der Waals surface area contributed by atoms with Crippen LogP contribution in [-0.4, -0.2) is 9.97 Å². The Morgan fingerprint density at radius 1 is 1.20 bits per heavy atom. The van der Waals surface area contributed by atoms with Crippen molar-refractivity contribution in [3.8, 4) is 11.3 Å². The third-order valence-corrected chi connectivity index (χ3v) is 4.19. The van der Waals surface area contributed by atoms with Crippen LogP contribution in [0.15, 0.2) is 30.3 Å². The van der Waals surface area contributed by atoms with Crippen molar-refractivity contribution in [1.29, 1.82) is 0 Å². The van der Waals surface area contributed by atoms with Crippen LogP contribution in [0, 0.1) is 0 Å².